The maximum absolute atomic E-state index is 6.08. The number of nitrogens with two attached hydrogens (primary N) is 1. The van der Waals surface area contributed by atoms with Gasteiger partial charge in [-0.2, -0.15) is 0 Å². The molecule has 0 bridgehead atoms. The standard InChI is InChI=1S/C16H18N4/c1-10-4-7-13(8-5-10)12(3)20-15-14(19-16(20)17)9-6-11(2)18-15/h4-9,12H,1-3H3,(H2,17,19). The van der Waals surface area contributed by atoms with E-state index in [2.05, 4.69) is 48.1 Å². The van der Waals surface area contributed by atoms with Crippen LogP contribution in [0.25, 0.3) is 11.2 Å². The van der Waals surface area contributed by atoms with Crippen molar-refractivity contribution in [3.63, 3.8) is 0 Å². The highest BCUT2D eigenvalue weighted by Crippen LogP contribution is 2.26. The number of nitrogens with zero attached hydrogens (tertiary/aromatic N) is 3. The minimum absolute atomic E-state index is 0.106. The molecule has 0 spiro atoms. The van der Waals surface area contributed by atoms with Gasteiger partial charge in [0, 0.05) is 5.69 Å². The number of imidazole rings is 1. The molecule has 3 aromatic rings. The molecule has 2 N–H and O–H groups in total. The second-order valence-corrected chi connectivity index (χ2v) is 5.22. The van der Waals surface area contributed by atoms with Crippen molar-refractivity contribution in [2.75, 3.05) is 5.73 Å². The summed E-state index contributed by atoms with van der Waals surface area (Å²) in [5.74, 6) is 0.506. The molecule has 1 unspecified atom stereocenters. The van der Waals surface area contributed by atoms with E-state index in [0.717, 1.165) is 16.9 Å². The van der Waals surface area contributed by atoms with Crippen LogP contribution in [0, 0.1) is 13.8 Å². The number of hydrogen-bond acceptors (Lipinski definition) is 3. The van der Waals surface area contributed by atoms with Gasteiger partial charge in [-0.05, 0) is 38.5 Å². The molecule has 20 heavy (non-hydrogen) atoms. The highest BCUT2D eigenvalue weighted by molar-refractivity contribution is 5.74. The third-order valence-corrected chi connectivity index (χ3v) is 3.65. The van der Waals surface area contributed by atoms with E-state index in [1.165, 1.54) is 11.1 Å². The average Bonchev–Trinajstić information content (AvgIpc) is 2.74. The van der Waals surface area contributed by atoms with E-state index in [1.807, 2.05) is 23.6 Å². The summed E-state index contributed by atoms with van der Waals surface area (Å²) < 4.78 is 1.99. The molecule has 0 saturated carbocycles. The first-order valence-corrected chi connectivity index (χ1v) is 6.74. The fourth-order valence-corrected chi connectivity index (χ4v) is 2.46. The Labute approximate surface area is 118 Å². The van der Waals surface area contributed by atoms with Crippen molar-refractivity contribution in [3.8, 4) is 0 Å². The quantitative estimate of drug-likeness (QED) is 0.774. The third-order valence-electron chi connectivity index (χ3n) is 3.65. The summed E-state index contributed by atoms with van der Waals surface area (Å²) in [4.78, 5) is 8.98. The van der Waals surface area contributed by atoms with Crippen LogP contribution in [0.2, 0.25) is 0 Å². The van der Waals surface area contributed by atoms with Crippen LogP contribution < -0.4 is 5.73 Å². The van der Waals surface area contributed by atoms with E-state index in [4.69, 9.17) is 5.73 Å². The third kappa shape index (κ3) is 2.03. The van der Waals surface area contributed by atoms with Gasteiger partial charge in [0.1, 0.15) is 5.52 Å². The Morgan fingerprint density at radius 2 is 1.70 bits per heavy atom. The van der Waals surface area contributed by atoms with Gasteiger partial charge in [-0.25, -0.2) is 9.97 Å². The highest BCUT2D eigenvalue weighted by atomic mass is 15.2. The molecule has 3 rings (SSSR count). The molecule has 0 saturated heterocycles. The number of aromatic nitrogens is 3. The summed E-state index contributed by atoms with van der Waals surface area (Å²) in [6, 6.07) is 12.5. The van der Waals surface area contributed by atoms with Crippen molar-refractivity contribution in [2.45, 2.75) is 26.8 Å². The Bertz CT molecular complexity index is 756. The van der Waals surface area contributed by atoms with Crippen molar-refractivity contribution < 1.29 is 0 Å². The zero-order valence-corrected chi connectivity index (χ0v) is 12.0. The highest BCUT2D eigenvalue weighted by Gasteiger charge is 2.16. The molecule has 1 atom stereocenters. The second kappa shape index (κ2) is 4.63. The van der Waals surface area contributed by atoms with Crippen molar-refractivity contribution in [1.29, 1.82) is 0 Å². The summed E-state index contributed by atoms with van der Waals surface area (Å²) in [5.41, 5.74) is 11.2. The topological polar surface area (TPSA) is 56.7 Å². The summed E-state index contributed by atoms with van der Waals surface area (Å²) >= 11 is 0. The van der Waals surface area contributed by atoms with Gasteiger partial charge in [-0.1, -0.05) is 29.8 Å². The van der Waals surface area contributed by atoms with Crippen LogP contribution in [0.3, 0.4) is 0 Å². The lowest BCUT2D eigenvalue weighted by Crippen LogP contribution is -2.11. The maximum Gasteiger partial charge on any atom is 0.203 e. The number of fused-ring (bicyclic) bond motifs is 1. The van der Waals surface area contributed by atoms with Crippen LogP contribution in [0.5, 0.6) is 0 Å². The molecule has 4 nitrogen and oxygen atoms in total. The summed E-state index contributed by atoms with van der Waals surface area (Å²) in [7, 11) is 0. The monoisotopic (exact) mass is 266 g/mol. The van der Waals surface area contributed by atoms with Gasteiger partial charge in [-0.15, -0.1) is 0 Å². The Morgan fingerprint density at radius 3 is 2.40 bits per heavy atom. The van der Waals surface area contributed by atoms with Gasteiger partial charge in [-0.3, -0.25) is 4.57 Å². The molecule has 102 valence electrons. The lowest BCUT2D eigenvalue weighted by atomic mass is 10.1. The van der Waals surface area contributed by atoms with Crippen LogP contribution in [0.1, 0.15) is 29.8 Å². The largest absolute Gasteiger partial charge is 0.369 e. The molecule has 2 heterocycles. The molecule has 2 aromatic heterocycles. The minimum Gasteiger partial charge on any atom is -0.369 e. The summed E-state index contributed by atoms with van der Waals surface area (Å²) in [6.45, 7) is 6.18. The van der Waals surface area contributed by atoms with Crippen molar-refractivity contribution in [2.24, 2.45) is 0 Å². The average molecular weight is 266 g/mol. The van der Waals surface area contributed by atoms with E-state index in [-0.39, 0.29) is 6.04 Å². The van der Waals surface area contributed by atoms with Gasteiger partial charge >= 0.3 is 0 Å². The Morgan fingerprint density at radius 1 is 1.00 bits per heavy atom. The lowest BCUT2D eigenvalue weighted by molar-refractivity contribution is 0.661. The first kappa shape index (κ1) is 12.7. The van der Waals surface area contributed by atoms with E-state index < -0.39 is 0 Å². The van der Waals surface area contributed by atoms with Crippen LogP contribution in [-0.4, -0.2) is 14.5 Å². The fraction of sp³-hybridized carbons (Fsp3) is 0.250. The fourth-order valence-electron chi connectivity index (χ4n) is 2.46. The number of aryl methyl sites for hydroxylation is 2. The zero-order chi connectivity index (χ0) is 14.3. The summed E-state index contributed by atoms with van der Waals surface area (Å²) in [5, 5.41) is 0. The van der Waals surface area contributed by atoms with Gasteiger partial charge in [0.05, 0.1) is 6.04 Å². The van der Waals surface area contributed by atoms with Gasteiger partial charge in [0.2, 0.25) is 5.95 Å². The number of benzene rings is 1. The van der Waals surface area contributed by atoms with Gasteiger partial charge < -0.3 is 5.73 Å². The first-order valence-electron chi connectivity index (χ1n) is 6.74. The van der Waals surface area contributed by atoms with E-state index in [9.17, 15) is 0 Å². The number of hydrogen-bond donors (Lipinski definition) is 1. The maximum atomic E-state index is 6.08. The van der Waals surface area contributed by atoms with Crippen LogP contribution in [0.4, 0.5) is 5.95 Å². The first-order chi connectivity index (χ1) is 9.56. The summed E-state index contributed by atoms with van der Waals surface area (Å²) in [6.07, 6.45) is 0. The number of nitrogen functional groups attached to an aromatic ring is 1. The Balaban J connectivity index is 2.15. The Hall–Kier alpha value is -2.36. The van der Waals surface area contributed by atoms with E-state index in [0.29, 0.717) is 5.95 Å². The van der Waals surface area contributed by atoms with Crippen molar-refractivity contribution in [3.05, 3.63) is 53.2 Å². The number of rotatable bonds is 2. The smallest absolute Gasteiger partial charge is 0.203 e. The molecule has 0 radical (unpaired) electrons. The molecular formula is C16H18N4. The second-order valence-electron chi connectivity index (χ2n) is 5.22. The van der Waals surface area contributed by atoms with E-state index in [1.54, 1.807) is 0 Å². The van der Waals surface area contributed by atoms with Gasteiger partial charge in [0.15, 0.2) is 5.65 Å². The lowest BCUT2D eigenvalue weighted by Gasteiger charge is -2.16. The van der Waals surface area contributed by atoms with Crippen LogP contribution >= 0.6 is 0 Å². The van der Waals surface area contributed by atoms with Crippen LogP contribution in [-0.2, 0) is 0 Å². The predicted molar refractivity (Wildman–Crippen MR) is 81.7 cm³/mol. The normalized spacial score (nSPS) is 12.8. The van der Waals surface area contributed by atoms with Crippen LogP contribution in [0.15, 0.2) is 36.4 Å². The molecule has 0 aliphatic rings. The molecular weight excluding hydrogens is 248 g/mol. The Kier molecular flexibility index (Phi) is 2.93. The predicted octanol–water partition coefficient (Wildman–Crippen LogP) is 3.24. The SMILES string of the molecule is Cc1ccc(C(C)n2c(N)nc3ccc(C)nc32)cc1. The van der Waals surface area contributed by atoms with E-state index >= 15 is 0 Å². The molecule has 0 aliphatic heterocycles. The van der Waals surface area contributed by atoms with Gasteiger partial charge in [0.25, 0.3) is 0 Å². The molecule has 0 aliphatic carbocycles. The van der Waals surface area contributed by atoms with Crippen molar-refractivity contribution >= 4 is 17.1 Å². The minimum atomic E-state index is 0.106. The number of anilines is 1. The molecule has 1 aromatic carbocycles. The van der Waals surface area contributed by atoms with Crippen molar-refractivity contribution in [1.82, 2.24) is 14.5 Å². The molecule has 0 amide bonds. The molecule has 4 heteroatoms. The zero-order valence-electron chi connectivity index (χ0n) is 12.0. The number of pyridine rings is 1. The molecule has 0 fully saturated rings.